The lowest BCUT2D eigenvalue weighted by molar-refractivity contribution is 0.491. The lowest BCUT2D eigenvalue weighted by Gasteiger charge is -2.22. The summed E-state index contributed by atoms with van der Waals surface area (Å²) in [7, 11) is 0. The van der Waals surface area contributed by atoms with E-state index in [1.165, 1.54) is 12.3 Å². The van der Waals surface area contributed by atoms with Crippen molar-refractivity contribution in [1.82, 2.24) is 10.3 Å². The molecule has 2 rings (SSSR count). The van der Waals surface area contributed by atoms with Crippen LogP contribution in [0.2, 0.25) is 0 Å². The number of nitrogens with zero attached hydrogens (tertiary/aromatic N) is 1. The summed E-state index contributed by atoms with van der Waals surface area (Å²) in [4.78, 5) is 4.15. The first kappa shape index (κ1) is 11.1. The van der Waals surface area contributed by atoms with Crippen LogP contribution in [0.1, 0.15) is 38.1 Å². The largest absolute Gasteiger partial charge is 0.310 e. The van der Waals surface area contributed by atoms with Crippen molar-refractivity contribution in [2.75, 3.05) is 6.54 Å². The van der Waals surface area contributed by atoms with E-state index in [2.05, 4.69) is 10.3 Å². The average molecular weight is 196 g/mol. The van der Waals surface area contributed by atoms with Crippen LogP contribution in [0.3, 0.4) is 0 Å². The van der Waals surface area contributed by atoms with Crippen molar-refractivity contribution in [2.24, 2.45) is 0 Å². The highest BCUT2D eigenvalue weighted by atomic mass is 19.1. The fourth-order valence-corrected chi connectivity index (χ4v) is 1.65. The van der Waals surface area contributed by atoms with Gasteiger partial charge in [-0.3, -0.25) is 4.98 Å². The highest BCUT2D eigenvalue weighted by Gasteiger charge is 2.19. The minimum Gasteiger partial charge on any atom is -0.310 e. The predicted octanol–water partition coefficient (Wildman–Crippen LogP) is 2.45. The number of aromatic nitrogens is 1. The fourth-order valence-electron chi connectivity index (χ4n) is 1.65. The smallest absolute Gasteiger partial charge is 0.131 e. The standard InChI is InChI=1S/C9H11FN2.C2H6/c1-6-9-7(10)2-4-12-8(9)3-5-11-6;1-2/h2,4,6,11H,3,5H2,1H3;1-2H3. The highest BCUT2D eigenvalue weighted by molar-refractivity contribution is 5.27. The van der Waals surface area contributed by atoms with Crippen LogP contribution in [0, 0.1) is 5.82 Å². The molecule has 1 atom stereocenters. The molecule has 1 unspecified atom stereocenters. The Bertz CT molecular complexity index is 299. The Hall–Kier alpha value is -0.960. The molecule has 0 bridgehead atoms. The van der Waals surface area contributed by atoms with Crippen molar-refractivity contribution >= 4 is 0 Å². The molecule has 0 aromatic carbocycles. The van der Waals surface area contributed by atoms with Crippen molar-refractivity contribution in [3.63, 3.8) is 0 Å². The zero-order valence-electron chi connectivity index (χ0n) is 8.97. The second-order valence-corrected chi connectivity index (χ2v) is 3.08. The molecule has 2 heterocycles. The van der Waals surface area contributed by atoms with E-state index >= 15 is 0 Å². The molecule has 0 spiro atoms. The Kier molecular flexibility index (Phi) is 4.01. The molecule has 3 heteroatoms. The van der Waals surface area contributed by atoms with Gasteiger partial charge in [0.1, 0.15) is 5.82 Å². The normalized spacial score (nSPS) is 19.3. The van der Waals surface area contributed by atoms with E-state index in [-0.39, 0.29) is 11.9 Å². The number of rotatable bonds is 0. The summed E-state index contributed by atoms with van der Waals surface area (Å²) in [6.07, 6.45) is 2.36. The van der Waals surface area contributed by atoms with Crippen LogP contribution < -0.4 is 5.32 Å². The van der Waals surface area contributed by atoms with Crippen LogP contribution in [-0.4, -0.2) is 11.5 Å². The summed E-state index contributed by atoms with van der Waals surface area (Å²) in [6, 6.07) is 1.52. The molecular weight excluding hydrogens is 179 g/mol. The Morgan fingerprint density at radius 1 is 1.50 bits per heavy atom. The van der Waals surface area contributed by atoms with Crippen LogP contribution in [0.4, 0.5) is 4.39 Å². The number of pyridine rings is 1. The molecule has 0 fully saturated rings. The molecule has 0 saturated carbocycles. The average Bonchev–Trinajstić information content (AvgIpc) is 2.21. The maximum Gasteiger partial charge on any atom is 0.131 e. The quantitative estimate of drug-likeness (QED) is 0.689. The van der Waals surface area contributed by atoms with Crippen LogP contribution >= 0.6 is 0 Å². The molecule has 0 radical (unpaired) electrons. The van der Waals surface area contributed by atoms with E-state index in [4.69, 9.17) is 0 Å². The molecular formula is C11H17FN2. The first-order valence-corrected chi connectivity index (χ1v) is 5.15. The lowest BCUT2D eigenvalue weighted by Crippen LogP contribution is -2.29. The molecule has 0 amide bonds. The van der Waals surface area contributed by atoms with E-state index in [0.717, 1.165) is 24.2 Å². The van der Waals surface area contributed by atoms with Gasteiger partial charge in [0.25, 0.3) is 0 Å². The first-order valence-electron chi connectivity index (χ1n) is 5.15. The number of hydrogen-bond donors (Lipinski definition) is 1. The molecule has 2 nitrogen and oxygen atoms in total. The van der Waals surface area contributed by atoms with E-state index in [1.54, 1.807) is 0 Å². The van der Waals surface area contributed by atoms with Gasteiger partial charge in [-0.05, 0) is 13.0 Å². The third kappa shape index (κ3) is 2.10. The summed E-state index contributed by atoms with van der Waals surface area (Å²) in [6.45, 7) is 6.85. The molecule has 1 aromatic heterocycles. The number of nitrogens with one attached hydrogen (secondary N) is 1. The van der Waals surface area contributed by atoms with Crippen molar-refractivity contribution in [3.8, 4) is 0 Å². The molecule has 14 heavy (non-hydrogen) atoms. The summed E-state index contributed by atoms with van der Waals surface area (Å²) in [5, 5.41) is 3.20. The second-order valence-electron chi connectivity index (χ2n) is 3.08. The van der Waals surface area contributed by atoms with Crippen molar-refractivity contribution < 1.29 is 4.39 Å². The van der Waals surface area contributed by atoms with Crippen LogP contribution in [0.25, 0.3) is 0 Å². The topological polar surface area (TPSA) is 24.9 Å². The predicted molar refractivity (Wildman–Crippen MR) is 55.7 cm³/mol. The highest BCUT2D eigenvalue weighted by Crippen LogP contribution is 2.22. The van der Waals surface area contributed by atoms with Gasteiger partial charge in [-0.1, -0.05) is 13.8 Å². The fraction of sp³-hybridized carbons (Fsp3) is 0.545. The van der Waals surface area contributed by atoms with Gasteiger partial charge in [0.15, 0.2) is 0 Å². The van der Waals surface area contributed by atoms with E-state index in [1.807, 2.05) is 20.8 Å². The Morgan fingerprint density at radius 3 is 2.86 bits per heavy atom. The van der Waals surface area contributed by atoms with Gasteiger partial charge >= 0.3 is 0 Å². The number of fused-ring (bicyclic) bond motifs is 1. The molecule has 0 saturated heterocycles. The minimum absolute atomic E-state index is 0.0995. The molecule has 1 aliphatic rings. The maximum atomic E-state index is 13.2. The Morgan fingerprint density at radius 2 is 2.21 bits per heavy atom. The van der Waals surface area contributed by atoms with Gasteiger partial charge in [0.05, 0.1) is 0 Å². The Balaban J connectivity index is 0.000000461. The first-order chi connectivity index (χ1) is 6.79. The zero-order chi connectivity index (χ0) is 10.6. The second kappa shape index (κ2) is 5.05. The van der Waals surface area contributed by atoms with Gasteiger partial charge in [-0.2, -0.15) is 0 Å². The van der Waals surface area contributed by atoms with Crippen molar-refractivity contribution in [2.45, 2.75) is 33.2 Å². The molecule has 78 valence electrons. The van der Waals surface area contributed by atoms with Gasteiger partial charge in [-0.25, -0.2) is 4.39 Å². The molecule has 1 N–H and O–H groups in total. The van der Waals surface area contributed by atoms with Crippen LogP contribution in [-0.2, 0) is 6.42 Å². The number of halogens is 1. The Labute approximate surface area is 84.6 Å². The minimum atomic E-state index is -0.139. The van der Waals surface area contributed by atoms with Gasteiger partial charge < -0.3 is 5.32 Å². The monoisotopic (exact) mass is 196 g/mol. The maximum absolute atomic E-state index is 13.2. The third-order valence-corrected chi connectivity index (χ3v) is 2.26. The van der Waals surface area contributed by atoms with Crippen LogP contribution in [0.15, 0.2) is 12.3 Å². The zero-order valence-corrected chi connectivity index (χ0v) is 8.97. The van der Waals surface area contributed by atoms with Crippen molar-refractivity contribution in [3.05, 3.63) is 29.3 Å². The van der Waals surface area contributed by atoms with E-state index < -0.39 is 0 Å². The third-order valence-electron chi connectivity index (χ3n) is 2.26. The summed E-state index contributed by atoms with van der Waals surface area (Å²) >= 11 is 0. The summed E-state index contributed by atoms with van der Waals surface area (Å²) in [5.41, 5.74) is 1.64. The summed E-state index contributed by atoms with van der Waals surface area (Å²) in [5.74, 6) is -0.139. The molecule has 0 aliphatic carbocycles. The van der Waals surface area contributed by atoms with E-state index in [9.17, 15) is 4.39 Å². The number of hydrogen-bond acceptors (Lipinski definition) is 2. The molecule has 1 aromatic rings. The van der Waals surface area contributed by atoms with Gasteiger partial charge in [0.2, 0.25) is 0 Å². The van der Waals surface area contributed by atoms with E-state index in [0.29, 0.717) is 0 Å². The van der Waals surface area contributed by atoms with Gasteiger partial charge in [-0.15, -0.1) is 0 Å². The van der Waals surface area contributed by atoms with Gasteiger partial charge in [0, 0.05) is 36.5 Å². The SMILES string of the molecule is CC.CC1NCCc2nccc(F)c21. The molecule has 1 aliphatic heterocycles. The van der Waals surface area contributed by atoms with Crippen molar-refractivity contribution in [1.29, 1.82) is 0 Å². The van der Waals surface area contributed by atoms with Crippen LogP contribution in [0.5, 0.6) is 0 Å². The lowest BCUT2D eigenvalue weighted by atomic mass is 10.00. The summed E-state index contributed by atoms with van der Waals surface area (Å²) < 4.78 is 13.2.